The van der Waals surface area contributed by atoms with Gasteiger partial charge in [0, 0.05) is 41.9 Å². The molecule has 0 N–H and O–H groups in total. The molecular weight excluding hydrogens is 478 g/mol. The number of hydrogen-bond donors (Lipinski definition) is 0. The first kappa shape index (κ1) is 162. The van der Waals surface area contributed by atoms with E-state index in [1.54, 1.807) is 0 Å². The van der Waals surface area contributed by atoms with Crippen LogP contribution in [0.3, 0.4) is 0 Å². The summed E-state index contributed by atoms with van der Waals surface area (Å²) in [6.07, 6.45) is 0. The molecule has 0 bridgehead atoms. The summed E-state index contributed by atoms with van der Waals surface area (Å²) in [6.45, 7) is 0. The predicted octanol–water partition coefficient (Wildman–Crippen LogP) is 3.37. The Balaban J connectivity index is 0. The zero-order chi connectivity index (χ0) is 0. The molecule has 0 spiro atoms. The normalized spacial score (nSPS) is 0. The van der Waals surface area contributed by atoms with Crippen molar-refractivity contribution in [2.45, 2.75) is 0 Å². The Morgan fingerprint density at radius 1 is 0.300 bits per heavy atom. The van der Waals surface area contributed by atoms with Crippen LogP contribution in [0.4, 0.5) is 0 Å². The Hall–Kier alpha value is 3.68. The topological polar surface area (TPSA) is 0 Å². The third-order valence-corrected chi connectivity index (χ3v) is 0. The molecule has 77 valence electrons. The predicted molar refractivity (Wildman–Crippen MR) is 58.0 cm³/mol. The Morgan fingerprint density at radius 3 is 0.300 bits per heavy atom. The van der Waals surface area contributed by atoms with E-state index in [-0.39, 0.29) is 141 Å². The summed E-state index contributed by atoms with van der Waals surface area (Å²) in [7, 11) is 0. The molecule has 0 aromatic rings. The van der Waals surface area contributed by atoms with Crippen LogP contribution >= 0.6 is 99.3 Å². The van der Waals surface area contributed by atoms with E-state index >= 15 is 0 Å². The summed E-state index contributed by atoms with van der Waals surface area (Å²) in [6, 6.07) is 0. The van der Waals surface area contributed by atoms with Crippen LogP contribution < -0.4 is 0 Å². The average molecular weight is 486 g/mol. The maximum absolute atomic E-state index is 0. The van der Waals surface area contributed by atoms with E-state index in [0.29, 0.717) is 0 Å². The molecule has 0 unspecified atom stereocenters. The minimum Gasteiger partial charge on any atom is -0.147 e. The van der Waals surface area contributed by atoms with Crippen molar-refractivity contribution in [2.24, 2.45) is 0 Å². The molecule has 0 nitrogen and oxygen atoms in total. The van der Waals surface area contributed by atoms with Crippen molar-refractivity contribution in [1.82, 2.24) is 0 Å². The minimum absolute atomic E-state index is 0. The van der Waals surface area contributed by atoms with Crippen LogP contribution in [0.5, 0.6) is 0 Å². The van der Waals surface area contributed by atoms with E-state index in [1.807, 2.05) is 0 Å². The van der Waals surface area contributed by atoms with Gasteiger partial charge in [0.2, 0.25) is 0 Å². The van der Waals surface area contributed by atoms with Gasteiger partial charge in [0.25, 0.3) is 0 Å². The summed E-state index contributed by atoms with van der Waals surface area (Å²) in [5, 5.41) is 0. The smallest absolute Gasteiger partial charge is 0 e. The maximum Gasteiger partial charge on any atom is 0 e. The van der Waals surface area contributed by atoms with Crippen molar-refractivity contribution >= 4 is 99.3 Å². The second kappa shape index (κ2) is 128. The average Bonchev–Trinajstić information content (AvgIpc) is 0. The molecule has 0 heterocycles. The van der Waals surface area contributed by atoms with Crippen molar-refractivity contribution in [3.63, 3.8) is 0 Å². The quantitative estimate of drug-likeness (QED) is 0.462. The van der Waals surface area contributed by atoms with Gasteiger partial charge in [-0.3, -0.25) is 0 Å². The van der Waals surface area contributed by atoms with Gasteiger partial charge in [-0.05, 0) is 0 Å². The third-order valence-electron chi connectivity index (χ3n) is 0. The van der Waals surface area contributed by atoms with Crippen LogP contribution in [0.2, 0.25) is 0 Å². The molecule has 0 aliphatic heterocycles. The molecule has 0 aromatic heterocycles. The van der Waals surface area contributed by atoms with Gasteiger partial charge < -0.3 is 0 Å². The van der Waals surface area contributed by atoms with Crippen molar-refractivity contribution in [2.75, 3.05) is 0 Å². The first-order valence-corrected chi connectivity index (χ1v) is 0. The molecule has 0 amide bonds. The second-order valence-corrected chi connectivity index (χ2v) is 0. The van der Waals surface area contributed by atoms with E-state index in [0.717, 1.165) is 0 Å². The summed E-state index contributed by atoms with van der Waals surface area (Å²) in [5.74, 6) is 0. The fourth-order valence-corrected chi connectivity index (χ4v) is 0. The zero-order valence-corrected chi connectivity index (χ0v) is 14.5. The van der Waals surface area contributed by atoms with E-state index < -0.39 is 0 Å². The van der Waals surface area contributed by atoms with Crippen molar-refractivity contribution in [3.8, 4) is 0 Å². The van der Waals surface area contributed by atoms with Crippen LogP contribution in [0.1, 0.15) is 0 Å². The molecular formula is H8Cl8NbRu. The molecule has 0 rings (SSSR count). The van der Waals surface area contributed by atoms with Gasteiger partial charge in [0.1, 0.15) is 0 Å². The monoisotopic (exact) mass is 483 g/mol. The minimum atomic E-state index is 0. The molecule has 10 heavy (non-hydrogen) atoms. The number of hydrogen-bond acceptors (Lipinski definition) is 0. The van der Waals surface area contributed by atoms with Crippen molar-refractivity contribution < 1.29 is 41.9 Å². The van der Waals surface area contributed by atoms with Crippen LogP contribution in [0, 0.1) is 0 Å². The fourth-order valence-electron chi connectivity index (χ4n) is 0. The van der Waals surface area contributed by atoms with Crippen molar-refractivity contribution in [3.05, 3.63) is 0 Å². The Labute approximate surface area is 139 Å². The largest absolute Gasteiger partial charge is 0.147 e. The SMILES string of the molecule is Cl.Cl.Cl.Cl.Cl.Cl.Cl.Cl.[Nb].[Ru]. The molecule has 0 saturated carbocycles. The maximum atomic E-state index is 0. The molecule has 0 fully saturated rings. The fraction of sp³-hybridized carbons (Fsp3) is 0. The van der Waals surface area contributed by atoms with E-state index in [4.69, 9.17) is 0 Å². The van der Waals surface area contributed by atoms with Gasteiger partial charge in [-0.1, -0.05) is 0 Å². The van der Waals surface area contributed by atoms with Gasteiger partial charge in [-0.2, -0.15) is 0 Å². The van der Waals surface area contributed by atoms with Gasteiger partial charge in [0.15, 0.2) is 0 Å². The first-order valence-electron chi connectivity index (χ1n) is 0. The van der Waals surface area contributed by atoms with Gasteiger partial charge in [0.05, 0.1) is 0 Å². The summed E-state index contributed by atoms with van der Waals surface area (Å²) in [5.41, 5.74) is 0. The van der Waals surface area contributed by atoms with E-state index in [2.05, 4.69) is 0 Å². The Morgan fingerprint density at radius 2 is 0.300 bits per heavy atom. The molecule has 0 saturated heterocycles. The van der Waals surface area contributed by atoms with Gasteiger partial charge in [-0.15, -0.1) is 99.3 Å². The van der Waals surface area contributed by atoms with Crippen LogP contribution in [-0.4, -0.2) is 0 Å². The Bertz CT molecular complexity index is 9.22. The Kier molecular flexibility index (Phi) is 2070. The van der Waals surface area contributed by atoms with Crippen LogP contribution in [0.25, 0.3) is 0 Å². The summed E-state index contributed by atoms with van der Waals surface area (Å²) < 4.78 is 0. The first-order chi connectivity index (χ1) is 0. The van der Waals surface area contributed by atoms with Gasteiger partial charge >= 0.3 is 0 Å². The standard InChI is InChI=1S/8ClH.Nb.Ru/h8*1H;;. The molecule has 0 aliphatic carbocycles. The molecule has 0 aromatic carbocycles. The molecule has 0 atom stereocenters. The number of halogens is 8. The molecule has 10 heteroatoms. The van der Waals surface area contributed by atoms with Crippen LogP contribution in [0.15, 0.2) is 0 Å². The van der Waals surface area contributed by atoms with E-state index in [1.165, 1.54) is 0 Å². The summed E-state index contributed by atoms with van der Waals surface area (Å²) in [4.78, 5) is 0. The second-order valence-electron chi connectivity index (χ2n) is 0. The summed E-state index contributed by atoms with van der Waals surface area (Å²) >= 11 is 0. The van der Waals surface area contributed by atoms with Crippen LogP contribution in [-0.2, 0) is 41.9 Å². The van der Waals surface area contributed by atoms with E-state index in [9.17, 15) is 0 Å². The molecule has 1 radical (unpaired) electrons. The van der Waals surface area contributed by atoms with Crippen molar-refractivity contribution in [1.29, 1.82) is 0 Å². The van der Waals surface area contributed by atoms with Gasteiger partial charge in [-0.25, -0.2) is 0 Å². The third kappa shape index (κ3) is 98.3. The number of rotatable bonds is 0. The zero-order valence-electron chi connectivity index (χ0n) is 4.07. The molecule has 0 aliphatic rings.